The Balaban J connectivity index is 2.46. The van der Waals surface area contributed by atoms with Gasteiger partial charge in [-0.25, -0.2) is 0 Å². The number of H-pyrrole nitrogens is 1. The van der Waals surface area contributed by atoms with Crippen molar-refractivity contribution in [2.24, 2.45) is 0 Å². The molecule has 4 nitrogen and oxygen atoms in total. The zero-order valence-electron chi connectivity index (χ0n) is 11.5. The topological polar surface area (TPSA) is 69.5 Å². The van der Waals surface area contributed by atoms with E-state index in [2.05, 4.69) is 16.9 Å². The Bertz CT molecular complexity index is 668. The first-order chi connectivity index (χ1) is 9.76. The molecule has 102 valence electrons. The molecule has 1 N–H and O–H groups in total. The number of nitrogens with one attached hydrogen (secondary N) is 1. The molecule has 2 aromatic heterocycles. The number of nitrogens with zero attached hydrogens (tertiary/aromatic N) is 2. The van der Waals surface area contributed by atoms with E-state index < -0.39 is 0 Å². The number of aryl methyl sites for hydroxylation is 1. The van der Waals surface area contributed by atoms with Gasteiger partial charge in [-0.15, -0.1) is 0 Å². The van der Waals surface area contributed by atoms with Crippen LogP contribution in [0.1, 0.15) is 37.4 Å². The maximum Gasteiger partial charge on any atom is 0.266 e. The number of aromatic amines is 1. The van der Waals surface area contributed by atoms with Crippen molar-refractivity contribution in [3.05, 3.63) is 52.2 Å². The lowest BCUT2D eigenvalue weighted by Gasteiger charge is -2.09. The first-order valence-electron chi connectivity index (χ1n) is 6.83. The maximum atomic E-state index is 11.8. The summed E-state index contributed by atoms with van der Waals surface area (Å²) in [5, 5.41) is 9.01. The molecule has 0 fully saturated rings. The summed E-state index contributed by atoms with van der Waals surface area (Å²) in [6.07, 6.45) is 7.51. The normalized spacial score (nSPS) is 10.2. The summed E-state index contributed by atoms with van der Waals surface area (Å²) in [6.45, 7) is 2.14. The van der Waals surface area contributed by atoms with Gasteiger partial charge in [-0.1, -0.05) is 19.8 Å². The van der Waals surface area contributed by atoms with Crippen LogP contribution in [-0.4, -0.2) is 9.97 Å². The van der Waals surface area contributed by atoms with Gasteiger partial charge < -0.3 is 4.98 Å². The zero-order valence-corrected chi connectivity index (χ0v) is 11.5. The summed E-state index contributed by atoms with van der Waals surface area (Å²) in [4.78, 5) is 18.7. The van der Waals surface area contributed by atoms with Gasteiger partial charge in [-0.05, 0) is 36.6 Å². The first kappa shape index (κ1) is 14.0. The van der Waals surface area contributed by atoms with Gasteiger partial charge in [0.1, 0.15) is 11.6 Å². The van der Waals surface area contributed by atoms with Crippen LogP contribution in [0.25, 0.3) is 11.1 Å². The lowest BCUT2D eigenvalue weighted by atomic mass is 10.00. The van der Waals surface area contributed by atoms with Crippen LogP contribution < -0.4 is 5.56 Å². The molecule has 0 saturated carbocycles. The van der Waals surface area contributed by atoms with Crippen LogP contribution in [0.15, 0.2) is 35.4 Å². The molecule has 0 unspecified atom stereocenters. The van der Waals surface area contributed by atoms with Crippen molar-refractivity contribution in [3.8, 4) is 17.2 Å². The number of hydrogen-bond donors (Lipinski definition) is 1. The van der Waals surface area contributed by atoms with Crippen LogP contribution in [0.5, 0.6) is 0 Å². The fraction of sp³-hybridized carbons (Fsp3) is 0.312. The van der Waals surface area contributed by atoms with E-state index in [9.17, 15) is 4.79 Å². The number of pyridine rings is 2. The van der Waals surface area contributed by atoms with Crippen LogP contribution in [-0.2, 0) is 6.42 Å². The second-order valence-electron chi connectivity index (χ2n) is 4.71. The Labute approximate surface area is 118 Å². The molecule has 0 atom stereocenters. The average molecular weight is 267 g/mol. The monoisotopic (exact) mass is 267 g/mol. The van der Waals surface area contributed by atoms with Crippen molar-refractivity contribution >= 4 is 0 Å². The summed E-state index contributed by atoms with van der Waals surface area (Å²) in [5.74, 6) is 0. The summed E-state index contributed by atoms with van der Waals surface area (Å²) in [7, 11) is 0. The molecule has 2 aromatic rings. The van der Waals surface area contributed by atoms with E-state index in [0.29, 0.717) is 0 Å². The maximum absolute atomic E-state index is 11.8. The minimum atomic E-state index is -0.309. The molecular formula is C16H17N3O. The standard InChI is InChI=1S/C16H17N3O/c1-2-3-4-5-15-14(12-6-8-18-9-7-12)10-13(11-17)16(20)19-15/h6-10H,2-5H2,1H3,(H,19,20). The highest BCUT2D eigenvalue weighted by molar-refractivity contribution is 5.66. The van der Waals surface area contributed by atoms with Crippen molar-refractivity contribution in [3.63, 3.8) is 0 Å². The van der Waals surface area contributed by atoms with Crippen molar-refractivity contribution in [1.82, 2.24) is 9.97 Å². The quantitative estimate of drug-likeness (QED) is 0.846. The molecule has 0 aliphatic rings. The fourth-order valence-electron chi connectivity index (χ4n) is 2.19. The second kappa shape index (κ2) is 6.67. The Morgan fingerprint density at radius 3 is 2.70 bits per heavy atom. The number of hydrogen-bond acceptors (Lipinski definition) is 3. The number of unbranched alkanes of at least 4 members (excludes halogenated alkanes) is 2. The molecular weight excluding hydrogens is 250 g/mol. The van der Waals surface area contributed by atoms with E-state index in [1.54, 1.807) is 18.5 Å². The smallest absolute Gasteiger partial charge is 0.266 e. The predicted octanol–water partition coefficient (Wildman–Crippen LogP) is 3.04. The average Bonchev–Trinajstić information content (AvgIpc) is 2.48. The number of nitriles is 1. The molecule has 0 amide bonds. The van der Waals surface area contributed by atoms with E-state index >= 15 is 0 Å². The first-order valence-corrected chi connectivity index (χ1v) is 6.83. The zero-order chi connectivity index (χ0) is 14.4. The number of aromatic nitrogens is 2. The molecule has 2 rings (SSSR count). The highest BCUT2D eigenvalue weighted by atomic mass is 16.1. The molecule has 0 aliphatic heterocycles. The van der Waals surface area contributed by atoms with Crippen molar-refractivity contribution < 1.29 is 0 Å². The molecule has 0 spiro atoms. The molecule has 2 heterocycles. The summed E-state index contributed by atoms with van der Waals surface area (Å²) in [6, 6.07) is 7.39. The summed E-state index contributed by atoms with van der Waals surface area (Å²) < 4.78 is 0. The van der Waals surface area contributed by atoms with E-state index in [1.807, 2.05) is 18.2 Å². The number of rotatable bonds is 5. The molecule has 0 aromatic carbocycles. The Kier molecular flexibility index (Phi) is 4.67. The third kappa shape index (κ3) is 3.12. The van der Waals surface area contributed by atoms with Crippen molar-refractivity contribution in [2.45, 2.75) is 32.6 Å². The van der Waals surface area contributed by atoms with Gasteiger partial charge in [0, 0.05) is 23.7 Å². The summed E-state index contributed by atoms with van der Waals surface area (Å²) >= 11 is 0. The van der Waals surface area contributed by atoms with E-state index in [1.165, 1.54) is 0 Å². The van der Waals surface area contributed by atoms with Crippen LogP contribution in [0.4, 0.5) is 0 Å². The van der Waals surface area contributed by atoms with Gasteiger partial charge in [0.05, 0.1) is 0 Å². The third-order valence-corrected chi connectivity index (χ3v) is 3.26. The fourth-order valence-corrected chi connectivity index (χ4v) is 2.19. The van der Waals surface area contributed by atoms with Crippen LogP contribution in [0, 0.1) is 11.3 Å². The van der Waals surface area contributed by atoms with E-state index in [-0.39, 0.29) is 11.1 Å². The van der Waals surface area contributed by atoms with Gasteiger partial charge in [-0.3, -0.25) is 9.78 Å². The molecule has 0 aliphatic carbocycles. The molecule has 0 bridgehead atoms. The second-order valence-corrected chi connectivity index (χ2v) is 4.71. The van der Waals surface area contributed by atoms with Crippen LogP contribution in [0.2, 0.25) is 0 Å². The lowest BCUT2D eigenvalue weighted by molar-refractivity contribution is 0.706. The van der Waals surface area contributed by atoms with E-state index in [0.717, 1.165) is 42.5 Å². The molecule has 4 heteroatoms. The molecule has 20 heavy (non-hydrogen) atoms. The Morgan fingerprint density at radius 2 is 2.05 bits per heavy atom. The molecule has 0 radical (unpaired) electrons. The highest BCUT2D eigenvalue weighted by Crippen LogP contribution is 2.23. The highest BCUT2D eigenvalue weighted by Gasteiger charge is 2.10. The Morgan fingerprint density at radius 1 is 1.30 bits per heavy atom. The lowest BCUT2D eigenvalue weighted by Crippen LogP contribution is -2.14. The minimum Gasteiger partial charge on any atom is -0.324 e. The third-order valence-electron chi connectivity index (χ3n) is 3.26. The van der Waals surface area contributed by atoms with Crippen LogP contribution in [0.3, 0.4) is 0 Å². The largest absolute Gasteiger partial charge is 0.324 e. The minimum absolute atomic E-state index is 0.149. The SMILES string of the molecule is CCCCCc1[nH]c(=O)c(C#N)cc1-c1ccncc1. The van der Waals surface area contributed by atoms with Gasteiger partial charge in [0.15, 0.2) is 0 Å². The summed E-state index contributed by atoms with van der Waals surface area (Å²) in [5.41, 5.74) is 2.63. The van der Waals surface area contributed by atoms with Gasteiger partial charge >= 0.3 is 0 Å². The molecule has 0 saturated heterocycles. The van der Waals surface area contributed by atoms with Crippen LogP contribution >= 0.6 is 0 Å². The van der Waals surface area contributed by atoms with Gasteiger partial charge in [-0.2, -0.15) is 5.26 Å². The predicted molar refractivity (Wildman–Crippen MR) is 78.2 cm³/mol. The van der Waals surface area contributed by atoms with E-state index in [4.69, 9.17) is 5.26 Å². The van der Waals surface area contributed by atoms with Gasteiger partial charge in [0.2, 0.25) is 0 Å². The van der Waals surface area contributed by atoms with Crippen molar-refractivity contribution in [1.29, 1.82) is 5.26 Å². The van der Waals surface area contributed by atoms with Crippen molar-refractivity contribution in [2.75, 3.05) is 0 Å². The van der Waals surface area contributed by atoms with Gasteiger partial charge in [0.25, 0.3) is 5.56 Å². The Hall–Kier alpha value is -2.41.